The SMILES string of the molecule is CC.CC[C@@H]1[C@@H](C)CCCC1(C)C. The molecule has 2 atom stereocenters. The van der Waals surface area contributed by atoms with E-state index in [0.29, 0.717) is 5.41 Å². The van der Waals surface area contributed by atoms with Gasteiger partial charge in [-0.15, -0.1) is 0 Å². The number of rotatable bonds is 1. The van der Waals surface area contributed by atoms with Crippen molar-refractivity contribution in [1.29, 1.82) is 0 Å². The fraction of sp³-hybridized carbons (Fsp3) is 1.00. The van der Waals surface area contributed by atoms with Gasteiger partial charge in [0.15, 0.2) is 0 Å². The van der Waals surface area contributed by atoms with Crippen molar-refractivity contribution in [3.63, 3.8) is 0 Å². The fourth-order valence-electron chi connectivity index (χ4n) is 2.99. The number of hydrogen-bond acceptors (Lipinski definition) is 0. The van der Waals surface area contributed by atoms with Crippen LogP contribution in [0.4, 0.5) is 0 Å². The highest BCUT2D eigenvalue weighted by atomic mass is 14.4. The van der Waals surface area contributed by atoms with Gasteiger partial charge in [-0.1, -0.05) is 60.8 Å². The van der Waals surface area contributed by atoms with Crippen molar-refractivity contribution in [2.24, 2.45) is 17.3 Å². The Kier molecular flexibility index (Phi) is 5.67. The largest absolute Gasteiger partial charge is 0.0683 e. The summed E-state index contributed by atoms with van der Waals surface area (Å²) in [5.41, 5.74) is 0.617. The van der Waals surface area contributed by atoms with Gasteiger partial charge in [0.1, 0.15) is 0 Å². The molecule has 0 radical (unpaired) electrons. The minimum Gasteiger partial charge on any atom is -0.0683 e. The molecular formula is C13H28. The third-order valence-corrected chi connectivity index (χ3v) is 3.61. The van der Waals surface area contributed by atoms with Gasteiger partial charge in [-0.2, -0.15) is 0 Å². The first kappa shape index (κ1) is 13.0. The van der Waals surface area contributed by atoms with E-state index in [2.05, 4.69) is 27.7 Å². The lowest BCUT2D eigenvalue weighted by Crippen LogP contribution is -2.32. The van der Waals surface area contributed by atoms with Crippen LogP contribution in [0.15, 0.2) is 0 Å². The summed E-state index contributed by atoms with van der Waals surface area (Å²) in [6, 6.07) is 0. The lowest BCUT2D eigenvalue weighted by molar-refractivity contribution is 0.0807. The van der Waals surface area contributed by atoms with E-state index < -0.39 is 0 Å². The molecule has 0 unspecified atom stereocenters. The Bertz CT molecular complexity index is 124. The van der Waals surface area contributed by atoms with Gasteiger partial charge in [-0.05, 0) is 23.7 Å². The van der Waals surface area contributed by atoms with Gasteiger partial charge in [0, 0.05) is 0 Å². The van der Waals surface area contributed by atoms with Gasteiger partial charge >= 0.3 is 0 Å². The van der Waals surface area contributed by atoms with E-state index in [1.807, 2.05) is 13.8 Å². The van der Waals surface area contributed by atoms with Crippen LogP contribution in [0.5, 0.6) is 0 Å². The van der Waals surface area contributed by atoms with Gasteiger partial charge in [-0.3, -0.25) is 0 Å². The molecule has 0 N–H and O–H groups in total. The smallest absolute Gasteiger partial charge is 0.0323 e. The Morgan fingerprint density at radius 2 is 1.77 bits per heavy atom. The van der Waals surface area contributed by atoms with Crippen LogP contribution in [0.3, 0.4) is 0 Å². The van der Waals surface area contributed by atoms with Crippen molar-refractivity contribution in [3.05, 3.63) is 0 Å². The summed E-state index contributed by atoms with van der Waals surface area (Å²) in [5.74, 6) is 1.93. The molecule has 0 aromatic rings. The molecule has 0 nitrogen and oxygen atoms in total. The van der Waals surface area contributed by atoms with Crippen LogP contribution in [0.1, 0.15) is 67.2 Å². The second-order valence-electron chi connectivity index (χ2n) is 4.87. The molecule has 1 fully saturated rings. The Hall–Kier alpha value is 0. The molecule has 1 saturated carbocycles. The predicted octanol–water partition coefficient (Wildman–Crippen LogP) is 4.89. The van der Waals surface area contributed by atoms with Crippen LogP contribution in [-0.4, -0.2) is 0 Å². The zero-order chi connectivity index (χ0) is 10.5. The molecule has 1 rings (SSSR count). The third-order valence-electron chi connectivity index (χ3n) is 3.61. The highest BCUT2D eigenvalue weighted by molar-refractivity contribution is 4.85. The second kappa shape index (κ2) is 5.67. The molecule has 13 heavy (non-hydrogen) atoms. The minimum atomic E-state index is 0.617. The topological polar surface area (TPSA) is 0 Å². The van der Waals surface area contributed by atoms with Crippen molar-refractivity contribution < 1.29 is 0 Å². The lowest BCUT2D eigenvalue weighted by Gasteiger charge is -2.42. The van der Waals surface area contributed by atoms with Gasteiger partial charge in [0.25, 0.3) is 0 Å². The van der Waals surface area contributed by atoms with Crippen LogP contribution >= 0.6 is 0 Å². The van der Waals surface area contributed by atoms with E-state index in [1.54, 1.807) is 0 Å². The first-order valence-electron chi connectivity index (χ1n) is 6.08. The van der Waals surface area contributed by atoms with Crippen LogP contribution in [0.2, 0.25) is 0 Å². The van der Waals surface area contributed by atoms with Crippen LogP contribution in [0, 0.1) is 17.3 Å². The minimum absolute atomic E-state index is 0.617. The highest BCUT2D eigenvalue weighted by Gasteiger charge is 2.34. The highest BCUT2D eigenvalue weighted by Crippen LogP contribution is 2.45. The van der Waals surface area contributed by atoms with Crippen molar-refractivity contribution in [2.45, 2.75) is 67.2 Å². The normalized spacial score (nSPS) is 31.8. The summed E-state index contributed by atoms with van der Waals surface area (Å²) in [4.78, 5) is 0. The number of hydrogen-bond donors (Lipinski definition) is 0. The van der Waals surface area contributed by atoms with Crippen molar-refractivity contribution in [1.82, 2.24) is 0 Å². The Balaban J connectivity index is 0.000000671. The van der Waals surface area contributed by atoms with Crippen molar-refractivity contribution in [2.75, 3.05) is 0 Å². The first-order chi connectivity index (χ1) is 6.08. The Labute approximate surface area is 85.1 Å². The molecule has 0 bridgehead atoms. The summed E-state index contributed by atoms with van der Waals surface area (Å²) < 4.78 is 0. The van der Waals surface area contributed by atoms with Crippen molar-refractivity contribution in [3.8, 4) is 0 Å². The zero-order valence-electron chi connectivity index (χ0n) is 10.5. The molecule has 0 aromatic heterocycles. The van der Waals surface area contributed by atoms with E-state index >= 15 is 0 Å². The Morgan fingerprint density at radius 3 is 2.08 bits per heavy atom. The third kappa shape index (κ3) is 3.32. The molecule has 0 heteroatoms. The molecule has 0 amide bonds. The maximum Gasteiger partial charge on any atom is -0.0323 e. The predicted molar refractivity (Wildman–Crippen MR) is 61.9 cm³/mol. The van der Waals surface area contributed by atoms with Gasteiger partial charge in [0.2, 0.25) is 0 Å². The van der Waals surface area contributed by atoms with E-state index in [0.717, 1.165) is 11.8 Å². The van der Waals surface area contributed by atoms with Gasteiger partial charge in [-0.25, -0.2) is 0 Å². The quantitative estimate of drug-likeness (QED) is 0.544. The molecule has 0 aromatic carbocycles. The van der Waals surface area contributed by atoms with E-state index in [1.165, 1.54) is 25.7 Å². The maximum absolute atomic E-state index is 2.44. The van der Waals surface area contributed by atoms with E-state index in [9.17, 15) is 0 Å². The van der Waals surface area contributed by atoms with Gasteiger partial charge < -0.3 is 0 Å². The second-order valence-corrected chi connectivity index (χ2v) is 4.87. The van der Waals surface area contributed by atoms with Crippen molar-refractivity contribution >= 4 is 0 Å². The van der Waals surface area contributed by atoms with Crippen LogP contribution in [0.25, 0.3) is 0 Å². The van der Waals surface area contributed by atoms with Crippen LogP contribution < -0.4 is 0 Å². The summed E-state index contributed by atoms with van der Waals surface area (Å²) in [7, 11) is 0. The summed E-state index contributed by atoms with van der Waals surface area (Å²) in [6.45, 7) is 13.6. The van der Waals surface area contributed by atoms with E-state index in [4.69, 9.17) is 0 Å². The van der Waals surface area contributed by atoms with Crippen LogP contribution in [-0.2, 0) is 0 Å². The standard InChI is InChI=1S/C11H22.C2H6/c1-5-10-9(2)7-6-8-11(10,3)4;1-2/h9-10H,5-8H2,1-4H3;1-2H3/t9-,10+;/m0./s1. The maximum atomic E-state index is 2.44. The zero-order valence-corrected chi connectivity index (χ0v) is 10.5. The average molecular weight is 184 g/mol. The molecule has 0 heterocycles. The molecular weight excluding hydrogens is 156 g/mol. The first-order valence-corrected chi connectivity index (χ1v) is 6.08. The lowest BCUT2D eigenvalue weighted by atomic mass is 9.63. The molecule has 0 aliphatic heterocycles. The summed E-state index contributed by atoms with van der Waals surface area (Å²) in [5, 5.41) is 0. The molecule has 1 aliphatic rings. The summed E-state index contributed by atoms with van der Waals surface area (Å²) in [6.07, 6.45) is 5.72. The summed E-state index contributed by atoms with van der Waals surface area (Å²) >= 11 is 0. The molecule has 0 saturated heterocycles. The molecule has 1 aliphatic carbocycles. The Morgan fingerprint density at radius 1 is 1.23 bits per heavy atom. The monoisotopic (exact) mass is 184 g/mol. The molecule has 0 spiro atoms. The van der Waals surface area contributed by atoms with Gasteiger partial charge in [0.05, 0.1) is 0 Å². The average Bonchev–Trinajstić information content (AvgIpc) is 2.07. The fourth-order valence-corrected chi connectivity index (χ4v) is 2.99. The van der Waals surface area contributed by atoms with E-state index in [-0.39, 0.29) is 0 Å². The molecule has 80 valence electrons.